The Bertz CT molecular complexity index is 526. The summed E-state index contributed by atoms with van der Waals surface area (Å²) in [7, 11) is 0. The van der Waals surface area contributed by atoms with Crippen LogP contribution in [-0.4, -0.2) is 27.2 Å². The maximum atomic E-state index is 4.25. The van der Waals surface area contributed by atoms with Gasteiger partial charge in [-0.1, -0.05) is 49.4 Å². The quantitative estimate of drug-likeness (QED) is 0.879. The standard InChI is InChI=1S/C14H19N5/c1-13(2,11-7-4-3-5-8-11)14(9-6-10-15-14)12-16-18-19-17-12/h3-5,7-8,15H,6,9-10H2,1-2H3,(H,16,17,18,19). The van der Waals surface area contributed by atoms with Crippen LogP contribution in [0.25, 0.3) is 0 Å². The van der Waals surface area contributed by atoms with Gasteiger partial charge in [-0.3, -0.25) is 0 Å². The molecule has 2 heterocycles. The molecule has 0 amide bonds. The normalized spacial score (nSPS) is 23.7. The molecule has 1 aliphatic heterocycles. The summed E-state index contributed by atoms with van der Waals surface area (Å²) in [6.45, 7) is 5.48. The summed E-state index contributed by atoms with van der Waals surface area (Å²) >= 11 is 0. The zero-order valence-corrected chi connectivity index (χ0v) is 11.3. The maximum Gasteiger partial charge on any atom is 0.195 e. The van der Waals surface area contributed by atoms with Crippen molar-refractivity contribution in [2.24, 2.45) is 0 Å². The molecule has 0 aliphatic carbocycles. The minimum absolute atomic E-state index is 0.103. The second-order valence-corrected chi connectivity index (χ2v) is 5.66. The molecule has 0 radical (unpaired) electrons. The third-order valence-electron chi connectivity index (χ3n) is 4.44. The van der Waals surface area contributed by atoms with Crippen LogP contribution in [0.3, 0.4) is 0 Å². The van der Waals surface area contributed by atoms with Gasteiger partial charge in [-0.25, -0.2) is 0 Å². The summed E-state index contributed by atoms with van der Waals surface area (Å²) in [4.78, 5) is 0. The fourth-order valence-electron chi connectivity index (χ4n) is 3.19. The third-order valence-corrected chi connectivity index (χ3v) is 4.44. The fourth-order valence-corrected chi connectivity index (χ4v) is 3.19. The molecule has 2 N–H and O–H groups in total. The second-order valence-electron chi connectivity index (χ2n) is 5.66. The van der Waals surface area contributed by atoms with Crippen LogP contribution in [0.4, 0.5) is 0 Å². The minimum atomic E-state index is -0.249. The summed E-state index contributed by atoms with van der Waals surface area (Å²) in [6.07, 6.45) is 2.15. The summed E-state index contributed by atoms with van der Waals surface area (Å²) in [5, 5.41) is 18.5. The minimum Gasteiger partial charge on any atom is -0.304 e. The van der Waals surface area contributed by atoms with Crippen molar-refractivity contribution < 1.29 is 0 Å². The van der Waals surface area contributed by atoms with Gasteiger partial charge >= 0.3 is 0 Å². The number of tetrazole rings is 1. The highest BCUT2D eigenvalue weighted by molar-refractivity contribution is 5.32. The van der Waals surface area contributed by atoms with E-state index in [1.807, 2.05) is 6.07 Å². The SMILES string of the molecule is CC(C)(c1ccccc1)C1(c2nn[nH]n2)CCCN1. The van der Waals surface area contributed by atoms with E-state index in [4.69, 9.17) is 0 Å². The van der Waals surface area contributed by atoms with E-state index in [0.29, 0.717) is 0 Å². The zero-order valence-electron chi connectivity index (χ0n) is 11.3. The van der Waals surface area contributed by atoms with E-state index in [1.54, 1.807) is 0 Å². The van der Waals surface area contributed by atoms with Crippen molar-refractivity contribution in [3.8, 4) is 0 Å². The smallest absolute Gasteiger partial charge is 0.195 e. The van der Waals surface area contributed by atoms with Gasteiger partial charge in [-0.05, 0) is 24.9 Å². The topological polar surface area (TPSA) is 66.5 Å². The lowest BCUT2D eigenvalue weighted by Crippen LogP contribution is -2.53. The zero-order chi connectivity index (χ0) is 13.3. The van der Waals surface area contributed by atoms with Crippen molar-refractivity contribution in [2.45, 2.75) is 37.6 Å². The Hall–Kier alpha value is -1.75. The van der Waals surface area contributed by atoms with Crippen LogP contribution in [0.2, 0.25) is 0 Å². The third kappa shape index (κ3) is 1.76. The van der Waals surface area contributed by atoms with Crippen molar-refractivity contribution in [2.75, 3.05) is 6.54 Å². The molecule has 1 saturated heterocycles. The highest BCUT2D eigenvalue weighted by Gasteiger charge is 2.51. The van der Waals surface area contributed by atoms with Crippen LogP contribution in [0.5, 0.6) is 0 Å². The molecule has 1 aromatic heterocycles. The Morgan fingerprint density at radius 2 is 2.00 bits per heavy atom. The first-order chi connectivity index (χ1) is 9.17. The lowest BCUT2D eigenvalue weighted by atomic mass is 9.66. The molecule has 1 fully saturated rings. The summed E-state index contributed by atoms with van der Waals surface area (Å²) in [6, 6.07) is 10.5. The number of hydrogen-bond donors (Lipinski definition) is 2. The van der Waals surface area contributed by atoms with E-state index in [1.165, 1.54) is 5.56 Å². The first-order valence-electron chi connectivity index (χ1n) is 6.71. The number of H-pyrrole nitrogens is 1. The second kappa shape index (κ2) is 4.42. The van der Waals surface area contributed by atoms with Crippen molar-refractivity contribution in [3.05, 3.63) is 41.7 Å². The van der Waals surface area contributed by atoms with Gasteiger partial charge in [0.15, 0.2) is 5.82 Å². The number of nitrogens with zero attached hydrogens (tertiary/aromatic N) is 3. The van der Waals surface area contributed by atoms with E-state index >= 15 is 0 Å². The Morgan fingerprint density at radius 3 is 2.58 bits per heavy atom. The molecule has 1 aliphatic rings. The highest BCUT2D eigenvalue weighted by Crippen LogP contribution is 2.45. The van der Waals surface area contributed by atoms with Crippen molar-refractivity contribution in [3.63, 3.8) is 0 Å². The van der Waals surface area contributed by atoms with Crippen molar-refractivity contribution >= 4 is 0 Å². The molecule has 1 aromatic carbocycles. The number of rotatable bonds is 3. The van der Waals surface area contributed by atoms with Gasteiger partial charge < -0.3 is 5.32 Å². The molecule has 0 saturated carbocycles. The van der Waals surface area contributed by atoms with Crippen molar-refractivity contribution in [1.82, 2.24) is 25.9 Å². The Kier molecular flexibility index (Phi) is 2.86. The van der Waals surface area contributed by atoms with Gasteiger partial charge in [0.05, 0.1) is 5.54 Å². The molecule has 100 valence electrons. The predicted molar refractivity (Wildman–Crippen MR) is 72.6 cm³/mol. The van der Waals surface area contributed by atoms with Crippen LogP contribution in [0, 0.1) is 0 Å². The predicted octanol–water partition coefficient (Wildman–Crippen LogP) is 1.76. The van der Waals surface area contributed by atoms with Crippen LogP contribution in [-0.2, 0) is 11.0 Å². The molecular formula is C14H19N5. The van der Waals surface area contributed by atoms with E-state index < -0.39 is 0 Å². The molecule has 3 rings (SSSR count). The Balaban J connectivity index is 2.10. The summed E-state index contributed by atoms with van der Waals surface area (Å²) in [5.41, 5.74) is 0.935. The van der Waals surface area contributed by atoms with Gasteiger partial charge in [0.2, 0.25) is 0 Å². The Labute approximate surface area is 112 Å². The molecule has 0 spiro atoms. The molecule has 0 bridgehead atoms. The Morgan fingerprint density at radius 1 is 1.21 bits per heavy atom. The molecule has 5 nitrogen and oxygen atoms in total. The molecule has 1 unspecified atom stereocenters. The van der Waals surface area contributed by atoms with E-state index in [-0.39, 0.29) is 11.0 Å². The van der Waals surface area contributed by atoms with E-state index in [0.717, 1.165) is 25.2 Å². The molecule has 1 atom stereocenters. The number of aromatic nitrogens is 4. The number of benzene rings is 1. The van der Waals surface area contributed by atoms with Crippen molar-refractivity contribution in [1.29, 1.82) is 0 Å². The van der Waals surface area contributed by atoms with Crippen LogP contribution >= 0.6 is 0 Å². The number of hydrogen-bond acceptors (Lipinski definition) is 4. The first-order valence-corrected chi connectivity index (χ1v) is 6.71. The van der Waals surface area contributed by atoms with Crippen LogP contribution < -0.4 is 5.32 Å². The molecule has 19 heavy (non-hydrogen) atoms. The fraction of sp³-hybridized carbons (Fsp3) is 0.500. The molecular weight excluding hydrogens is 238 g/mol. The summed E-state index contributed by atoms with van der Waals surface area (Å²) in [5.74, 6) is 0.763. The lowest BCUT2D eigenvalue weighted by molar-refractivity contribution is 0.211. The largest absolute Gasteiger partial charge is 0.304 e. The number of nitrogens with one attached hydrogen (secondary N) is 2. The van der Waals surface area contributed by atoms with Gasteiger partial charge in [0.25, 0.3) is 0 Å². The average molecular weight is 257 g/mol. The van der Waals surface area contributed by atoms with Gasteiger partial charge in [-0.15, -0.1) is 10.2 Å². The van der Waals surface area contributed by atoms with E-state index in [2.05, 4.69) is 64.1 Å². The van der Waals surface area contributed by atoms with Gasteiger partial charge in [0.1, 0.15) is 0 Å². The van der Waals surface area contributed by atoms with Crippen LogP contribution in [0.15, 0.2) is 30.3 Å². The summed E-state index contributed by atoms with van der Waals surface area (Å²) < 4.78 is 0. The molecule has 5 heteroatoms. The monoisotopic (exact) mass is 257 g/mol. The van der Waals surface area contributed by atoms with Crippen LogP contribution in [0.1, 0.15) is 38.1 Å². The number of aromatic amines is 1. The molecule has 2 aromatic rings. The van der Waals surface area contributed by atoms with Gasteiger partial charge in [0, 0.05) is 5.41 Å². The lowest BCUT2D eigenvalue weighted by Gasteiger charge is -2.42. The first kappa shape index (κ1) is 12.3. The van der Waals surface area contributed by atoms with E-state index in [9.17, 15) is 0 Å². The average Bonchev–Trinajstić information content (AvgIpc) is 3.11. The van der Waals surface area contributed by atoms with Gasteiger partial charge in [-0.2, -0.15) is 5.21 Å². The highest BCUT2D eigenvalue weighted by atomic mass is 15.5. The maximum absolute atomic E-state index is 4.25.